The maximum Gasteiger partial charge on any atom is 0.222 e. The largest absolute Gasteiger partial charge is 0.341 e. The van der Waals surface area contributed by atoms with Crippen molar-refractivity contribution >= 4 is 23.2 Å². The summed E-state index contributed by atoms with van der Waals surface area (Å²) in [5, 5.41) is 2.05. The van der Waals surface area contributed by atoms with Crippen LogP contribution < -0.4 is 0 Å². The number of hydrogen-bond acceptors (Lipinski definition) is 3. The third kappa shape index (κ3) is 5.43. The van der Waals surface area contributed by atoms with E-state index in [9.17, 15) is 9.59 Å². The van der Waals surface area contributed by atoms with Gasteiger partial charge < -0.3 is 9.80 Å². The Bertz CT molecular complexity index is 700. The van der Waals surface area contributed by atoms with Crippen molar-refractivity contribution in [3.63, 3.8) is 0 Å². The summed E-state index contributed by atoms with van der Waals surface area (Å²) in [6.07, 6.45) is 3.55. The van der Waals surface area contributed by atoms with E-state index < -0.39 is 0 Å². The molecule has 1 fully saturated rings. The van der Waals surface area contributed by atoms with Crippen LogP contribution in [0.5, 0.6) is 0 Å². The summed E-state index contributed by atoms with van der Waals surface area (Å²) < 4.78 is 0. The number of thiophene rings is 1. The lowest BCUT2D eigenvalue weighted by atomic mass is 10.1. The highest BCUT2D eigenvalue weighted by Gasteiger charge is 2.21. The molecule has 0 aliphatic carbocycles. The summed E-state index contributed by atoms with van der Waals surface area (Å²) in [6.45, 7) is 2.81. The average molecular weight is 371 g/mol. The molecule has 0 saturated carbocycles. The first-order valence-electron chi connectivity index (χ1n) is 9.34. The quantitative estimate of drug-likeness (QED) is 0.782. The van der Waals surface area contributed by atoms with Gasteiger partial charge in [-0.3, -0.25) is 9.59 Å². The summed E-state index contributed by atoms with van der Waals surface area (Å²) in [7, 11) is 0. The van der Waals surface area contributed by atoms with Gasteiger partial charge in [-0.2, -0.15) is 0 Å². The summed E-state index contributed by atoms with van der Waals surface area (Å²) in [5.41, 5.74) is 1.20. The highest BCUT2D eigenvalue weighted by molar-refractivity contribution is 7.09. The van der Waals surface area contributed by atoms with E-state index in [1.165, 1.54) is 10.4 Å². The van der Waals surface area contributed by atoms with E-state index in [4.69, 9.17) is 0 Å². The highest BCUT2D eigenvalue weighted by atomic mass is 32.1. The summed E-state index contributed by atoms with van der Waals surface area (Å²) in [4.78, 5) is 30.1. The minimum absolute atomic E-state index is 0.196. The Hall–Kier alpha value is -2.14. The molecule has 2 aromatic rings. The van der Waals surface area contributed by atoms with Crippen LogP contribution in [0.2, 0.25) is 0 Å². The van der Waals surface area contributed by atoms with E-state index in [1.807, 2.05) is 39.4 Å². The third-order valence-corrected chi connectivity index (χ3v) is 5.77. The second kappa shape index (κ2) is 9.53. The van der Waals surface area contributed by atoms with Crippen molar-refractivity contribution < 1.29 is 9.59 Å². The van der Waals surface area contributed by atoms with Crippen molar-refractivity contribution in [2.24, 2.45) is 0 Å². The number of carbonyl (C=O) groups excluding carboxylic acids is 2. The summed E-state index contributed by atoms with van der Waals surface area (Å²) in [6, 6.07) is 14.2. The molecule has 2 amide bonds. The van der Waals surface area contributed by atoms with Crippen molar-refractivity contribution in [2.75, 3.05) is 26.2 Å². The minimum Gasteiger partial charge on any atom is -0.341 e. The molecule has 1 saturated heterocycles. The fourth-order valence-electron chi connectivity index (χ4n) is 3.31. The topological polar surface area (TPSA) is 40.6 Å². The van der Waals surface area contributed by atoms with E-state index in [0.29, 0.717) is 25.9 Å². The van der Waals surface area contributed by atoms with Gasteiger partial charge in [0, 0.05) is 43.9 Å². The zero-order chi connectivity index (χ0) is 18.2. The Kier molecular flexibility index (Phi) is 6.83. The van der Waals surface area contributed by atoms with E-state index in [2.05, 4.69) is 18.2 Å². The maximum atomic E-state index is 12.5. The highest BCUT2D eigenvalue weighted by Crippen LogP contribution is 2.13. The molecule has 26 heavy (non-hydrogen) atoms. The third-order valence-electron chi connectivity index (χ3n) is 4.84. The lowest BCUT2D eigenvalue weighted by Crippen LogP contribution is -2.37. The van der Waals surface area contributed by atoms with Crippen LogP contribution >= 0.6 is 11.3 Å². The Labute approximate surface area is 159 Å². The van der Waals surface area contributed by atoms with Gasteiger partial charge in [0.05, 0.1) is 0 Å². The smallest absolute Gasteiger partial charge is 0.222 e. The van der Waals surface area contributed by atoms with E-state index in [-0.39, 0.29) is 11.8 Å². The maximum absolute atomic E-state index is 12.5. The molecule has 0 bridgehead atoms. The van der Waals surface area contributed by atoms with Crippen molar-refractivity contribution in [2.45, 2.75) is 32.1 Å². The Morgan fingerprint density at radius 1 is 0.808 bits per heavy atom. The molecular formula is C21H26N2O2S. The van der Waals surface area contributed by atoms with Crippen LogP contribution in [0.25, 0.3) is 0 Å². The van der Waals surface area contributed by atoms with Gasteiger partial charge in [-0.1, -0.05) is 36.4 Å². The van der Waals surface area contributed by atoms with Crippen LogP contribution in [0.1, 0.15) is 29.7 Å². The second-order valence-electron chi connectivity index (χ2n) is 6.68. The number of rotatable bonds is 6. The molecule has 0 unspecified atom stereocenters. The van der Waals surface area contributed by atoms with Crippen LogP contribution in [-0.4, -0.2) is 47.8 Å². The zero-order valence-electron chi connectivity index (χ0n) is 15.1. The predicted molar refractivity (Wildman–Crippen MR) is 105 cm³/mol. The van der Waals surface area contributed by atoms with Crippen molar-refractivity contribution in [3.05, 3.63) is 58.3 Å². The molecule has 4 nitrogen and oxygen atoms in total. The summed E-state index contributed by atoms with van der Waals surface area (Å²) >= 11 is 1.70. The number of carbonyl (C=O) groups is 2. The molecule has 1 aromatic carbocycles. The number of nitrogens with zero attached hydrogens (tertiary/aromatic N) is 2. The molecule has 138 valence electrons. The SMILES string of the molecule is O=C(CCc1ccccc1)N1CCCN(C(=O)CCc2cccs2)CC1. The first-order chi connectivity index (χ1) is 12.7. The van der Waals surface area contributed by atoms with Crippen LogP contribution in [0, 0.1) is 0 Å². The summed E-state index contributed by atoms with van der Waals surface area (Å²) in [5.74, 6) is 0.402. The Morgan fingerprint density at radius 3 is 2.08 bits per heavy atom. The average Bonchev–Trinajstić information content (AvgIpc) is 3.07. The molecule has 0 radical (unpaired) electrons. The van der Waals surface area contributed by atoms with Gasteiger partial charge in [0.15, 0.2) is 0 Å². The molecule has 1 aromatic heterocycles. The van der Waals surface area contributed by atoms with Gasteiger partial charge >= 0.3 is 0 Å². The molecule has 0 atom stereocenters. The number of benzene rings is 1. The lowest BCUT2D eigenvalue weighted by Gasteiger charge is -2.22. The second-order valence-corrected chi connectivity index (χ2v) is 7.71. The standard InChI is InChI=1S/C21H26N2O2S/c24-20(11-9-18-6-2-1-3-7-18)22-13-5-14-23(16-15-22)21(25)12-10-19-8-4-17-26-19/h1-4,6-8,17H,5,9-16H2. The minimum atomic E-state index is 0.196. The fraction of sp³-hybridized carbons (Fsp3) is 0.429. The van der Waals surface area contributed by atoms with Crippen LogP contribution in [0.3, 0.4) is 0 Å². The normalized spacial score (nSPS) is 14.9. The van der Waals surface area contributed by atoms with E-state index >= 15 is 0 Å². The van der Waals surface area contributed by atoms with Gasteiger partial charge in [0.2, 0.25) is 11.8 Å². The van der Waals surface area contributed by atoms with Gasteiger partial charge in [-0.25, -0.2) is 0 Å². The number of amides is 2. The van der Waals surface area contributed by atoms with Gasteiger partial charge in [-0.05, 0) is 36.3 Å². The lowest BCUT2D eigenvalue weighted by molar-refractivity contribution is -0.133. The molecular weight excluding hydrogens is 344 g/mol. The first kappa shape index (κ1) is 18.6. The molecule has 1 aliphatic heterocycles. The van der Waals surface area contributed by atoms with E-state index in [1.54, 1.807) is 11.3 Å². The van der Waals surface area contributed by atoms with Crippen molar-refractivity contribution in [1.29, 1.82) is 0 Å². The van der Waals surface area contributed by atoms with Crippen molar-refractivity contribution in [1.82, 2.24) is 9.80 Å². The molecule has 0 spiro atoms. The first-order valence-corrected chi connectivity index (χ1v) is 10.2. The molecule has 3 rings (SSSR count). The predicted octanol–water partition coefficient (Wildman–Crippen LogP) is 3.37. The van der Waals surface area contributed by atoms with E-state index in [0.717, 1.165) is 32.4 Å². The monoisotopic (exact) mass is 370 g/mol. The molecule has 1 aliphatic rings. The molecule has 0 N–H and O–H groups in total. The van der Waals surface area contributed by atoms with Gasteiger partial charge in [0.25, 0.3) is 0 Å². The number of hydrogen-bond donors (Lipinski definition) is 0. The van der Waals surface area contributed by atoms with Crippen LogP contribution in [0.4, 0.5) is 0 Å². The van der Waals surface area contributed by atoms with Gasteiger partial charge in [0.1, 0.15) is 0 Å². The molecule has 2 heterocycles. The fourth-order valence-corrected chi connectivity index (χ4v) is 4.02. The van der Waals surface area contributed by atoms with Crippen molar-refractivity contribution in [3.8, 4) is 0 Å². The van der Waals surface area contributed by atoms with Crippen LogP contribution in [0.15, 0.2) is 47.8 Å². The zero-order valence-corrected chi connectivity index (χ0v) is 15.9. The Morgan fingerprint density at radius 2 is 1.46 bits per heavy atom. The number of aryl methyl sites for hydroxylation is 2. The van der Waals surface area contributed by atoms with Crippen LogP contribution in [-0.2, 0) is 22.4 Å². The van der Waals surface area contributed by atoms with Gasteiger partial charge in [-0.15, -0.1) is 11.3 Å². The molecule has 5 heteroatoms. The Balaban J connectivity index is 1.43.